The average Bonchev–Trinajstić information content (AvgIpc) is 2.80. The Morgan fingerprint density at radius 1 is 1.41 bits per heavy atom. The first kappa shape index (κ1) is 12.6. The summed E-state index contributed by atoms with van der Waals surface area (Å²) in [6, 6.07) is 0. The Kier molecular flexibility index (Phi) is 4.23. The van der Waals surface area contributed by atoms with Crippen LogP contribution in [0.15, 0.2) is 4.99 Å². The van der Waals surface area contributed by atoms with Gasteiger partial charge >= 0.3 is 0 Å². The van der Waals surface area contributed by atoms with Gasteiger partial charge in [0, 0.05) is 32.2 Å². The van der Waals surface area contributed by atoms with Crippen LogP contribution in [0.25, 0.3) is 0 Å². The molecule has 1 atom stereocenters. The molecule has 0 aliphatic carbocycles. The molecular formula is C12H23N3O2. The van der Waals surface area contributed by atoms with Crippen LogP contribution < -0.4 is 10.6 Å². The Morgan fingerprint density at radius 3 is 2.76 bits per heavy atom. The summed E-state index contributed by atoms with van der Waals surface area (Å²) in [6.45, 7) is 6.53. The van der Waals surface area contributed by atoms with Crippen molar-refractivity contribution in [3.05, 3.63) is 0 Å². The van der Waals surface area contributed by atoms with Crippen molar-refractivity contribution in [2.45, 2.75) is 25.9 Å². The van der Waals surface area contributed by atoms with Crippen LogP contribution in [0, 0.1) is 5.41 Å². The smallest absolute Gasteiger partial charge is 0.191 e. The highest BCUT2D eigenvalue weighted by Crippen LogP contribution is 2.24. The van der Waals surface area contributed by atoms with Crippen LogP contribution in [0.3, 0.4) is 0 Å². The van der Waals surface area contributed by atoms with Crippen molar-refractivity contribution >= 4 is 5.96 Å². The fraction of sp³-hybridized carbons (Fsp3) is 0.917. The number of nitrogens with zero attached hydrogens (tertiary/aromatic N) is 1. The summed E-state index contributed by atoms with van der Waals surface area (Å²) < 4.78 is 10.8. The minimum absolute atomic E-state index is 0.265. The molecule has 5 heteroatoms. The lowest BCUT2D eigenvalue weighted by atomic mass is 9.89. The highest BCUT2D eigenvalue weighted by Gasteiger charge is 2.33. The number of guanidine groups is 1. The first-order valence-corrected chi connectivity index (χ1v) is 6.36. The van der Waals surface area contributed by atoms with E-state index >= 15 is 0 Å². The van der Waals surface area contributed by atoms with Gasteiger partial charge in [-0.25, -0.2) is 0 Å². The van der Waals surface area contributed by atoms with E-state index in [1.807, 2.05) is 0 Å². The van der Waals surface area contributed by atoms with Gasteiger partial charge < -0.3 is 20.1 Å². The maximum Gasteiger partial charge on any atom is 0.191 e. The molecule has 2 rings (SSSR count). The van der Waals surface area contributed by atoms with Gasteiger partial charge in [-0.2, -0.15) is 0 Å². The Hall–Kier alpha value is -0.810. The molecule has 1 unspecified atom stereocenters. The predicted molar refractivity (Wildman–Crippen MR) is 67.3 cm³/mol. The SMILES string of the molecule is CN=C(NCC1CCCO1)NCC1(C)COC1. The summed E-state index contributed by atoms with van der Waals surface area (Å²) in [7, 11) is 1.80. The number of aliphatic imine (C=N–C) groups is 1. The molecule has 2 N–H and O–H groups in total. The molecule has 17 heavy (non-hydrogen) atoms. The van der Waals surface area contributed by atoms with E-state index in [0.717, 1.165) is 45.3 Å². The van der Waals surface area contributed by atoms with Crippen molar-refractivity contribution in [3.8, 4) is 0 Å². The van der Waals surface area contributed by atoms with Gasteiger partial charge in [0.15, 0.2) is 5.96 Å². The third-order valence-corrected chi connectivity index (χ3v) is 3.33. The van der Waals surface area contributed by atoms with Crippen LogP contribution in [-0.4, -0.2) is 52.0 Å². The number of ether oxygens (including phenoxy) is 2. The summed E-state index contributed by atoms with van der Waals surface area (Å²) in [4.78, 5) is 4.21. The molecule has 0 spiro atoms. The quantitative estimate of drug-likeness (QED) is 0.551. The number of hydrogen-bond acceptors (Lipinski definition) is 3. The molecule has 0 bridgehead atoms. The normalized spacial score (nSPS) is 27.6. The van der Waals surface area contributed by atoms with Crippen LogP contribution in [0.1, 0.15) is 19.8 Å². The number of hydrogen-bond donors (Lipinski definition) is 2. The first-order chi connectivity index (χ1) is 8.22. The second kappa shape index (κ2) is 5.69. The lowest BCUT2D eigenvalue weighted by Gasteiger charge is -2.38. The minimum Gasteiger partial charge on any atom is -0.380 e. The fourth-order valence-corrected chi connectivity index (χ4v) is 2.09. The number of rotatable bonds is 4. The van der Waals surface area contributed by atoms with Crippen LogP contribution in [0.2, 0.25) is 0 Å². The van der Waals surface area contributed by atoms with Crippen LogP contribution in [-0.2, 0) is 9.47 Å². The highest BCUT2D eigenvalue weighted by atomic mass is 16.5. The molecule has 0 saturated carbocycles. The second-order valence-electron chi connectivity index (χ2n) is 5.25. The first-order valence-electron chi connectivity index (χ1n) is 6.36. The molecule has 0 radical (unpaired) electrons. The van der Waals surface area contributed by atoms with Crippen LogP contribution >= 0.6 is 0 Å². The monoisotopic (exact) mass is 241 g/mol. The molecule has 2 fully saturated rings. The predicted octanol–water partition coefficient (Wildman–Crippen LogP) is 0.367. The molecule has 5 nitrogen and oxygen atoms in total. The van der Waals surface area contributed by atoms with Crippen LogP contribution in [0.5, 0.6) is 0 Å². The summed E-state index contributed by atoms with van der Waals surface area (Å²) in [5, 5.41) is 6.64. The Bertz CT molecular complexity index is 271. The van der Waals surface area contributed by atoms with Gasteiger partial charge in [0.1, 0.15) is 0 Å². The largest absolute Gasteiger partial charge is 0.380 e. The van der Waals surface area contributed by atoms with Gasteiger partial charge in [0.05, 0.1) is 19.3 Å². The molecule has 0 aromatic heterocycles. The molecule has 98 valence electrons. The summed E-state index contributed by atoms with van der Waals surface area (Å²) >= 11 is 0. The van der Waals surface area contributed by atoms with E-state index in [2.05, 4.69) is 22.5 Å². The molecule has 2 aliphatic rings. The van der Waals surface area contributed by atoms with Crippen molar-refractivity contribution < 1.29 is 9.47 Å². The van der Waals surface area contributed by atoms with Crippen molar-refractivity contribution in [2.75, 3.05) is 40.0 Å². The maximum atomic E-state index is 5.56. The van der Waals surface area contributed by atoms with Crippen molar-refractivity contribution in [1.82, 2.24) is 10.6 Å². The van der Waals surface area contributed by atoms with Gasteiger partial charge in [-0.05, 0) is 12.8 Å². The standard InChI is InChI=1S/C12H23N3O2/c1-12(8-16-9-12)7-15-11(13-2)14-6-10-4-3-5-17-10/h10H,3-9H2,1-2H3,(H2,13,14,15). The van der Waals surface area contributed by atoms with Crippen molar-refractivity contribution in [2.24, 2.45) is 10.4 Å². The topological polar surface area (TPSA) is 54.9 Å². The molecule has 0 aromatic rings. The van der Waals surface area contributed by atoms with Gasteiger partial charge in [-0.1, -0.05) is 6.92 Å². The number of nitrogens with one attached hydrogen (secondary N) is 2. The van der Waals surface area contributed by atoms with Crippen LogP contribution in [0.4, 0.5) is 0 Å². The molecule has 2 aliphatic heterocycles. The average molecular weight is 241 g/mol. The lowest BCUT2D eigenvalue weighted by molar-refractivity contribution is -0.0971. The van der Waals surface area contributed by atoms with Gasteiger partial charge in [0.2, 0.25) is 0 Å². The molecule has 0 amide bonds. The van der Waals surface area contributed by atoms with E-state index in [1.54, 1.807) is 7.05 Å². The van der Waals surface area contributed by atoms with Crippen molar-refractivity contribution in [3.63, 3.8) is 0 Å². The Balaban J connectivity index is 1.65. The highest BCUT2D eigenvalue weighted by molar-refractivity contribution is 5.79. The van der Waals surface area contributed by atoms with Gasteiger partial charge in [-0.3, -0.25) is 4.99 Å². The molecular weight excluding hydrogens is 218 g/mol. The molecule has 0 aromatic carbocycles. The lowest BCUT2D eigenvalue weighted by Crippen LogP contribution is -2.51. The second-order valence-corrected chi connectivity index (χ2v) is 5.25. The van der Waals surface area contributed by atoms with Gasteiger partial charge in [-0.15, -0.1) is 0 Å². The summed E-state index contributed by atoms with van der Waals surface area (Å²) in [6.07, 6.45) is 2.67. The zero-order chi connectivity index (χ0) is 12.1. The van der Waals surface area contributed by atoms with Gasteiger partial charge in [0.25, 0.3) is 0 Å². The fourth-order valence-electron chi connectivity index (χ4n) is 2.09. The molecule has 2 saturated heterocycles. The van der Waals surface area contributed by atoms with E-state index in [4.69, 9.17) is 9.47 Å². The molecule has 2 heterocycles. The van der Waals surface area contributed by atoms with E-state index < -0.39 is 0 Å². The third kappa shape index (κ3) is 3.57. The van der Waals surface area contributed by atoms with E-state index in [9.17, 15) is 0 Å². The zero-order valence-electron chi connectivity index (χ0n) is 10.8. The minimum atomic E-state index is 0.265. The maximum absolute atomic E-state index is 5.56. The van der Waals surface area contributed by atoms with E-state index in [1.165, 1.54) is 6.42 Å². The van der Waals surface area contributed by atoms with E-state index in [-0.39, 0.29) is 5.41 Å². The van der Waals surface area contributed by atoms with E-state index in [0.29, 0.717) is 6.10 Å². The Labute approximate surface area is 103 Å². The summed E-state index contributed by atoms with van der Waals surface area (Å²) in [5.41, 5.74) is 0.265. The zero-order valence-corrected chi connectivity index (χ0v) is 10.8. The summed E-state index contributed by atoms with van der Waals surface area (Å²) in [5.74, 6) is 0.855. The third-order valence-electron chi connectivity index (χ3n) is 3.33. The van der Waals surface area contributed by atoms with Crippen molar-refractivity contribution in [1.29, 1.82) is 0 Å². The Morgan fingerprint density at radius 2 is 2.24 bits per heavy atom.